The molecule has 7 heteroatoms. The molecule has 0 spiro atoms. The van der Waals surface area contributed by atoms with Crippen molar-refractivity contribution in [2.45, 2.75) is 82.9 Å². The first-order valence-electron chi connectivity index (χ1n) is 17.4. The van der Waals surface area contributed by atoms with E-state index in [-0.39, 0.29) is 24.1 Å². The Balaban J connectivity index is 0.915. The zero-order valence-electron chi connectivity index (χ0n) is 27.1. The number of hydrogen-bond acceptors (Lipinski definition) is 5. The number of unbranched alkanes of at least 4 members (excludes halogenated alkanes) is 1. The molecule has 3 aliphatic heterocycles. The maximum absolute atomic E-state index is 13.7. The van der Waals surface area contributed by atoms with E-state index in [1.54, 1.807) is 0 Å². The molecular weight excluding hydrogens is 574 g/mol. The van der Waals surface area contributed by atoms with Crippen molar-refractivity contribution in [3.8, 4) is 5.75 Å². The molecule has 3 aliphatic rings. The molecule has 244 valence electrons. The van der Waals surface area contributed by atoms with Gasteiger partial charge in [-0.3, -0.25) is 14.5 Å². The number of nitrogens with zero attached hydrogens (tertiary/aromatic N) is 3. The first kappa shape index (κ1) is 32.3. The van der Waals surface area contributed by atoms with Crippen LogP contribution in [0.1, 0.15) is 79.3 Å². The summed E-state index contributed by atoms with van der Waals surface area (Å²) in [7, 11) is 0. The van der Waals surface area contributed by atoms with E-state index >= 15 is 0 Å². The van der Waals surface area contributed by atoms with Crippen molar-refractivity contribution >= 4 is 17.5 Å². The molecule has 2 atom stereocenters. The minimum Gasteiger partial charge on any atom is -0.494 e. The number of para-hydroxylation sites is 1. The van der Waals surface area contributed by atoms with E-state index in [4.69, 9.17) is 4.74 Å². The van der Waals surface area contributed by atoms with Gasteiger partial charge in [0.15, 0.2) is 0 Å². The lowest BCUT2D eigenvalue weighted by Gasteiger charge is -2.44. The Morgan fingerprint density at radius 2 is 1.61 bits per heavy atom. The van der Waals surface area contributed by atoms with Crippen LogP contribution >= 0.6 is 0 Å². The predicted octanol–water partition coefficient (Wildman–Crippen LogP) is 6.48. The summed E-state index contributed by atoms with van der Waals surface area (Å²) in [5.41, 5.74) is 4.16. The topological polar surface area (TPSA) is 73.3 Å². The Kier molecular flexibility index (Phi) is 11.0. The molecule has 2 saturated heterocycles. The number of fused-ring (bicyclic) bond motifs is 1. The fourth-order valence-corrected chi connectivity index (χ4v) is 7.44. The van der Waals surface area contributed by atoms with E-state index in [9.17, 15) is 14.7 Å². The third kappa shape index (κ3) is 8.18. The molecule has 6 rings (SSSR count). The first-order valence-corrected chi connectivity index (χ1v) is 17.4. The van der Waals surface area contributed by atoms with E-state index in [0.717, 1.165) is 88.4 Å². The maximum atomic E-state index is 13.7. The lowest BCUT2D eigenvalue weighted by atomic mass is 9.90. The van der Waals surface area contributed by atoms with E-state index < -0.39 is 0 Å². The van der Waals surface area contributed by atoms with Crippen LogP contribution in [0.25, 0.3) is 0 Å². The van der Waals surface area contributed by atoms with E-state index in [1.165, 1.54) is 24.0 Å². The number of aryl methyl sites for hydroxylation is 1. The smallest absolute Gasteiger partial charge is 0.255 e. The largest absolute Gasteiger partial charge is 0.494 e. The number of benzene rings is 3. The van der Waals surface area contributed by atoms with Crippen LogP contribution < -0.4 is 9.64 Å². The summed E-state index contributed by atoms with van der Waals surface area (Å²) in [6.07, 6.45) is 9.52. The number of aliphatic hydroxyl groups excluding tert-OH is 1. The zero-order chi connectivity index (χ0) is 31.7. The number of anilines is 1. The van der Waals surface area contributed by atoms with Crippen molar-refractivity contribution < 1.29 is 19.4 Å². The fourth-order valence-electron chi connectivity index (χ4n) is 7.44. The molecule has 0 aliphatic carbocycles. The summed E-state index contributed by atoms with van der Waals surface area (Å²) in [6, 6.07) is 26.2. The van der Waals surface area contributed by atoms with Gasteiger partial charge < -0.3 is 19.6 Å². The monoisotopic (exact) mass is 623 g/mol. The van der Waals surface area contributed by atoms with Gasteiger partial charge in [0, 0.05) is 30.8 Å². The number of amides is 2. The van der Waals surface area contributed by atoms with Gasteiger partial charge in [-0.15, -0.1) is 0 Å². The third-order valence-corrected chi connectivity index (χ3v) is 10.0. The molecule has 0 aromatic heterocycles. The second-order valence-corrected chi connectivity index (χ2v) is 13.3. The molecule has 46 heavy (non-hydrogen) atoms. The van der Waals surface area contributed by atoms with Gasteiger partial charge in [0.05, 0.1) is 12.7 Å². The van der Waals surface area contributed by atoms with Crippen LogP contribution in [0.2, 0.25) is 0 Å². The highest BCUT2D eigenvalue weighted by Crippen LogP contribution is 2.34. The van der Waals surface area contributed by atoms with Crippen molar-refractivity contribution in [2.24, 2.45) is 5.92 Å². The number of hydrogen-bond donors (Lipinski definition) is 1. The molecule has 0 saturated carbocycles. The fraction of sp³-hybridized carbons (Fsp3) is 0.487. The van der Waals surface area contributed by atoms with Crippen molar-refractivity contribution in [3.63, 3.8) is 0 Å². The Hall–Kier alpha value is -3.68. The van der Waals surface area contributed by atoms with Crippen molar-refractivity contribution in [2.75, 3.05) is 37.7 Å². The Labute approximate surface area is 274 Å². The second kappa shape index (κ2) is 15.7. The lowest BCUT2D eigenvalue weighted by molar-refractivity contribution is -0.120. The van der Waals surface area contributed by atoms with Gasteiger partial charge in [0.1, 0.15) is 11.9 Å². The van der Waals surface area contributed by atoms with Crippen molar-refractivity contribution in [1.29, 1.82) is 0 Å². The van der Waals surface area contributed by atoms with Crippen LogP contribution in [-0.2, 0) is 17.6 Å². The number of rotatable bonds is 12. The van der Waals surface area contributed by atoms with E-state index in [0.29, 0.717) is 25.1 Å². The van der Waals surface area contributed by atoms with Crippen LogP contribution in [-0.4, -0.2) is 71.8 Å². The zero-order valence-corrected chi connectivity index (χ0v) is 27.1. The molecule has 2 amide bonds. The Morgan fingerprint density at radius 3 is 2.41 bits per heavy atom. The molecular formula is C39H49N3O4. The average molecular weight is 624 g/mol. The van der Waals surface area contributed by atoms with Crippen LogP contribution in [0.5, 0.6) is 5.75 Å². The van der Waals surface area contributed by atoms with E-state index in [2.05, 4.69) is 41.3 Å². The van der Waals surface area contributed by atoms with Gasteiger partial charge >= 0.3 is 0 Å². The summed E-state index contributed by atoms with van der Waals surface area (Å²) in [6.45, 7) is 4.12. The highest BCUT2D eigenvalue weighted by molar-refractivity contribution is 5.99. The number of β-amino-alcohol motifs (C(OH)–C–C–N with tert-alkyl or cyclic N) is 1. The molecule has 3 heterocycles. The van der Waals surface area contributed by atoms with Crippen LogP contribution in [0.4, 0.5) is 5.69 Å². The van der Waals surface area contributed by atoms with Gasteiger partial charge in [-0.2, -0.15) is 0 Å². The highest BCUT2D eigenvalue weighted by Gasteiger charge is 2.37. The minimum atomic E-state index is -0.303. The Bertz CT molecular complexity index is 1420. The van der Waals surface area contributed by atoms with E-state index in [1.807, 2.05) is 52.3 Å². The molecule has 0 bridgehead atoms. The summed E-state index contributed by atoms with van der Waals surface area (Å²) >= 11 is 0. The number of piperidine rings is 2. The molecule has 2 fully saturated rings. The summed E-state index contributed by atoms with van der Waals surface area (Å²) in [5, 5.41) is 10.6. The number of likely N-dealkylation sites (tertiary alicyclic amines) is 2. The van der Waals surface area contributed by atoms with Crippen molar-refractivity contribution in [1.82, 2.24) is 9.80 Å². The molecule has 3 aromatic rings. The molecule has 1 N–H and O–H groups in total. The second-order valence-electron chi connectivity index (χ2n) is 13.3. The Morgan fingerprint density at radius 1 is 0.848 bits per heavy atom. The van der Waals surface area contributed by atoms with Gasteiger partial charge in [-0.25, -0.2) is 0 Å². The standard InChI is InChI=1S/C39H49N3O4/c43-34(29-40-25-22-31(23-26-40)28-30-10-2-1-3-11-30)13-7-9-27-46-35-19-16-33(17-20-35)39(45)41-24-8-6-15-37(41)42-36-14-5-4-12-32(36)18-21-38(42)44/h1-5,10-12,14,16-17,19-20,31,34,37,43H,6-9,13,15,18,21-29H2. The van der Waals surface area contributed by atoms with Gasteiger partial charge in [-0.1, -0.05) is 48.5 Å². The summed E-state index contributed by atoms with van der Waals surface area (Å²) in [4.78, 5) is 33.0. The number of carbonyl (C=O) groups excluding carboxylic acids is 2. The van der Waals surface area contributed by atoms with Gasteiger partial charge in [-0.05, 0) is 125 Å². The molecule has 7 nitrogen and oxygen atoms in total. The van der Waals surface area contributed by atoms with Crippen molar-refractivity contribution in [3.05, 3.63) is 95.6 Å². The third-order valence-electron chi connectivity index (χ3n) is 10.0. The minimum absolute atomic E-state index is 0.0403. The first-order chi connectivity index (χ1) is 22.5. The molecule has 2 unspecified atom stereocenters. The highest BCUT2D eigenvalue weighted by atomic mass is 16.5. The maximum Gasteiger partial charge on any atom is 0.255 e. The quantitative estimate of drug-likeness (QED) is 0.234. The van der Waals surface area contributed by atoms with Crippen LogP contribution in [0, 0.1) is 5.92 Å². The SMILES string of the molecule is O=C(c1ccc(OCCCCC(O)CN2CCC(Cc3ccccc3)CC2)cc1)N1CCCCC1N1C(=O)CCc2ccccc21. The van der Waals surface area contributed by atoms with Gasteiger partial charge in [0.2, 0.25) is 5.91 Å². The lowest BCUT2D eigenvalue weighted by Crippen LogP contribution is -2.56. The van der Waals surface area contributed by atoms with Crippen LogP contribution in [0.3, 0.4) is 0 Å². The molecule has 3 aromatic carbocycles. The average Bonchev–Trinajstić information content (AvgIpc) is 3.09. The molecule has 0 radical (unpaired) electrons. The number of carbonyl (C=O) groups is 2. The summed E-state index contributed by atoms with van der Waals surface area (Å²) in [5.74, 6) is 1.54. The number of aliphatic hydroxyl groups is 1. The van der Waals surface area contributed by atoms with Crippen LogP contribution in [0.15, 0.2) is 78.9 Å². The number of ether oxygens (including phenoxy) is 1. The predicted molar refractivity (Wildman–Crippen MR) is 182 cm³/mol. The van der Waals surface area contributed by atoms with Gasteiger partial charge in [0.25, 0.3) is 5.91 Å². The normalized spacial score (nSPS) is 19.9. The summed E-state index contributed by atoms with van der Waals surface area (Å²) < 4.78 is 5.98.